The highest BCUT2D eigenvalue weighted by atomic mass is 35.5. The molecule has 1 aliphatic rings. The van der Waals surface area contributed by atoms with Crippen LogP contribution < -0.4 is 15.3 Å². The molecule has 5 heterocycles. The zero-order valence-corrected chi connectivity index (χ0v) is 26.4. The summed E-state index contributed by atoms with van der Waals surface area (Å²) in [7, 11) is 1.38. The van der Waals surface area contributed by atoms with Crippen molar-refractivity contribution in [3.8, 4) is 22.7 Å². The molecule has 0 bridgehead atoms. The van der Waals surface area contributed by atoms with E-state index in [1.54, 1.807) is 23.2 Å². The van der Waals surface area contributed by atoms with E-state index in [2.05, 4.69) is 16.5 Å². The summed E-state index contributed by atoms with van der Waals surface area (Å²) < 4.78 is 28.5. The minimum Gasteiger partial charge on any atom is -0.494 e. The third-order valence-corrected chi connectivity index (χ3v) is 8.50. The lowest BCUT2D eigenvalue weighted by molar-refractivity contribution is -0.126. The second-order valence-corrected chi connectivity index (χ2v) is 11.8. The Morgan fingerprint density at radius 2 is 2.02 bits per heavy atom. The number of anilines is 1. The van der Waals surface area contributed by atoms with Gasteiger partial charge in [0.25, 0.3) is 0 Å². The number of aromatic nitrogens is 4. The van der Waals surface area contributed by atoms with E-state index in [0.717, 1.165) is 5.56 Å². The second kappa shape index (κ2) is 11.6. The number of hydrogen-bond acceptors (Lipinski definition) is 8. The number of aryl methyl sites for hydroxylation is 1. The number of pyridine rings is 2. The number of piperazine rings is 1. The zero-order valence-electron chi connectivity index (χ0n) is 25.6. The van der Waals surface area contributed by atoms with Crippen molar-refractivity contribution in [2.24, 2.45) is 0 Å². The Kier molecular flexibility index (Phi) is 7.82. The van der Waals surface area contributed by atoms with Crippen LogP contribution in [0.5, 0.6) is 5.75 Å². The van der Waals surface area contributed by atoms with Crippen molar-refractivity contribution in [2.75, 3.05) is 31.6 Å². The van der Waals surface area contributed by atoms with Gasteiger partial charge in [0.2, 0.25) is 5.91 Å². The van der Waals surface area contributed by atoms with Crippen LogP contribution >= 0.6 is 11.6 Å². The summed E-state index contributed by atoms with van der Waals surface area (Å²) in [6, 6.07) is 6.50. The van der Waals surface area contributed by atoms with Crippen LogP contribution in [0, 0.1) is 12.7 Å². The molecule has 6 rings (SSSR count). The van der Waals surface area contributed by atoms with Gasteiger partial charge < -0.3 is 19.0 Å². The van der Waals surface area contributed by atoms with Gasteiger partial charge >= 0.3 is 5.69 Å². The van der Waals surface area contributed by atoms with Gasteiger partial charge in [0.15, 0.2) is 17.2 Å². The first-order valence-electron chi connectivity index (χ1n) is 14.6. The minimum atomic E-state index is -0.700. The van der Waals surface area contributed by atoms with Gasteiger partial charge in [0.05, 0.1) is 46.4 Å². The summed E-state index contributed by atoms with van der Waals surface area (Å²) in [6.45, 7) is 12.6. The van der Waals surface area contributed by atoms with Gasteiger partial charge in [0.1, 0.15) is 11.4 Å². The molecule has 0 unspecified atom stereocenters. The molecule has 232 valence electrons. The number of benzene rings is 1. The molecule has 1 saturated heterocycles. The molecular formula is C33H32ClFN6O4. The van der Waals surface area contributed by atoms with E-state index in [9.17, 15) is 9.59 Å². The van der Waals surface area contributed by atoms with Crippen molar-refractivity contribution in [3.63, 3.8) is 0 Å². The maximum Gasteiger partial charge on any atom is 0.355 e. The van der Waals surface area contributed by atoms with E-state index >= 15 is 4.39 Å². The molecule has 1 aromatic carbocycles. The summed E-state index contributed by atoms with van der Waals surface area (Å²) in [4.78, 5) is 44.3. The Labute approximate surface area is 263 Å². The lowest BCUT2D eigenvalue weighted by Gasteiger charge is -2.40. The number of ether oxygens (including phenoxy) is 1. The van der Waals surface area contributed by atoms with Gasteiger partial charge in [-0.15, -0.1) is 0 Å². The standard InChI is InChI=1S/C33H32ClFN6O4/c1-7-24(42)39-11-12-40(19(5)16-39)31-21-15-22(34)28(25-26(35)23(44-6)14-20-9-13-45-30(20)25)37-32(21)41(33(43)38-31)29-18(4)8-10-36-27(29)17(2)3/h7-10,13-15,17,19H,1,11-12,16H2,2-6H3/t19-/m0/s1. The number of furan rings is 1. The van der Waals surface area contributed by atoms with Crippen LogP contribution in [-0.4, -0.2) is 63.1 Å². The summed E-state index contributed by atoms with van der Waals surface area (Å²) >= 11 is 6.93. The summed E-state index contributed by atoms with van der Waals surface area (Å²) in [5.41, 5.74) is 1.98. The van der Waals surface area contributed by atoms with E-state index in [1.165, 1.54) is 30.1 Å². The number of nitrogens with zero attached hydrogens (tertiary/aromatic N) is 6. The highest BCUT2D eigenvalue weighted by Crippen LogP contribution is 2.41. The smallest absolute Gasteiger partial charge is 0.355 e. The second-order valence-electron chi connectivity index (χ2n) is 11.4. The van der Waals surface area contributed by atoms with Crippen molar-refractivity contribution >= 4 is 45.3 Å². The Morgan fingerprint density at radius 3 is 2.71 bits per heavy atom. The zero-order chi connectivity index (χ0) is 32.2. The van der Waals surface area contributed by atoms with Crippen LogP contribution in [0.15, 0.2) is 58.6 Å². The maximum absolute atomic E-state index is 16.0. The maximum atomic E-state index is 16.0. The Morgan fingerprint density at radius 1 is 1.24 bits per heavy atom. The first kappa shape index (κ1) is 30.3. The lowest BCUT2D eigenvalue weighted by atomic mass is 10.0. The molecule has 12 heteroatoms. The Balaban J connectivity index is 1.68. The van der Waals surface area contributed by atoms with Crippen molar-refractivity contribution < 1.29 is 18.3 Å². The number of hydrogen-bond donors (Lipinski definition) is 0. The van der Waals surface area contributed by atoms with E-state index in [4.69, 9.17) is 25.7 Å². The molecule has 10 nitrogen and oxygen atoms in total. The fourth-order valence-corrected chi connectivity index (χ4v) is 6.26. The van der Waals surface area contributed by atoms with E-state index < -0.39 is 11.5 Å². The normalized spacial score (nSPS) is 15.3. The molecule has 0 radical (unpaired) electrons. The van der Waals surface area contributed by atoms with E-state index in [1.807, 2.05) is 38.7 Å². The van der Waals surface area contributed by atoms with Gasteiger partial charge in [-0.05, 0) is 55.7 Å². The molecule has 0 aliphatic carbocycles. The quantitative estimate of drug-likeness (QED) is 0.209. The third kappa shape index (κ3) is 5.01. The van der Waals surface area contributed by atoms with Crippen molar-refractivity contribution in [1.82, 2.24) is 24.4 Å². The number of fused-ring (bicyclic) bond motifs is 2. The topological polar surface area (TPSA) is 107 Å². The summed E-state index contributed by atoms with van der Waals surface area (Å²) in [5, 5.41) is 1.20. The number of methoxy groups -OCH3 is 1. The largest absolute Gasteiger partial charge is 0.494 e. The van der Waals surface area contributed by atoms with Gasteiger partial charge in [-0.1, -0.05) is 32.0 Å². The van der Waals surface area contributed by atoms with E-state index in [0.29, 0.717) is 47.6 Å². The molecule has 0 N–H and O–H groups in total. The van der Waals surface area contributed by atoms with Crippen LogP contribution in [0.1, 0.15) is 37.9 Å². The highest BCUT2D eigenvalue weighted by Gasteiger charge is 2.31. The van der Waals surface area contributed by atoms with Crippen LogP contribution in [0.2, 0.25) is 5.02 Å². The fourth-order valence-electron chi connectivity index (χ4n) is 6.01. The number of halogens is 2. The molecular weight excluding hydrogens is 599 g/mol. The molecule has 0 saturated carbocycles. The number of rotatable bonds is 6. The van der Waals surface area contributed by atoms with Crippen LogP contribution in [0.25, 0.3) is 38.9 Å². The first-order valence-corrected chi connectivity index (χ1v) is 14.9. The predicted octanol–water partition coefficient (Wildman–Crippen LogP) is 6.04. The molecule has 1 amide bonds. The van der Waals surface area contributed by atoms with Gasteiger partial charge in [-0.3, -0.25) is 9.78 Å². The van der Waals surface area contributed by atoms with Crippen LogP contribution in [0.3, 0.4) is 0 Å². The van der Waals surface area contributed by atoms with Crippen molar-refractivity contribution in [1.29, 1.82) is 0 Å². The van der Waals surface area contributed by atoms with Crippen LogP contribution in [-0.2, 0) is 4.79 Å². The van der Waals surface area contributed by atoms with Crippen LogP contribution in [0.4, 0.5) is 10.2 Å². The molecule has 1 atom stereocenters. The van der Waals surface area contributed by atoms with Gasteiger partial charge in [-0.25, -0.2) is 18.7 Å². The SMILES string of the molecule is C=CC(=O)N1CCN(c2nc(=O)n(-c3c(C)ccnc3C(C)C)c3nc(-c4c(F)c(OC)cc5ccoc45)c(Cl)cc23)[C@@H](C)C1. The molecule has 1 aliphatic heterocycles. The third-order valence-electron chi connectivity index (χ3n) is 8.21. The highest BCUT2D eigenvalue weighted by molar-refractivity contribution is 6.34. The number of carbonyl (C=O) groups excluding carboxylic acids is 1. The van der Waals surface area contributed by atoms with E-state index in [-0.39, 0.29) is 51.1 Å². The Hall–Kier alpha value is -4.77. The monoisotopic (exact) mass is 630 g/mol. The Bertz CT molecular complexity index is 2060. The average molecular weight is 631 g/mol. The summed E-state index contributed by atoms with van der Waals surface area (Å²) in [6.07, 6.45) is 4.44. The molecule has 45 heavy (non-hydrogen) atoms. The molecule has 5 aromatic rings. The first-order chi connectivity index (χ1) is 21.5. The molecule has 1 fully saturated rings. The molecule has 0 spiro atoms. The van der Waals surface area contributed by atoms with Crippen molar-refractivity contribution in [3.05, 3.63) is 82.0 Å². The number of amides is 1. The average Bonchev–Trinajstić information content (AvgIpc) is 3.48. The predicted molar refractivity (Wildman–Crippen MR) is 172 cm³/mol. The van der Waals surface area contributed by atoms with Gasteiger partial charge in [0, 0.05) is 37.3 Å². The number of carbonyl (C=O) groups is 1. The fraction of sp³-hybridized carbons (Fsp3) is 0.303. The van der Waals surface area contributed by atoms with Gasteiger partial charge in [-0.2, -0.15) is 4.98 Å². The summed E-state index contributed by atoms with van der Waals surface area (Å²) in [5.74, 6) is -0.541. The minimum absolute atomic E-state index is 0.00404. The molecule has 4 aromatic heterocycles. The lowest BCUT2D eigenvalue weighted by Crippen LogP contribution is -2.54. The van der Waals surface area contributed by atoms with Crippen molar-refractivity contribution in [2.45, 2.75) is 39.7 Å².